The molecule has 0 saturated heterocycles. The number of aryl methyl sites for hydroxylation is 1. The van der Waals surface area contributed by atoms with Gasteiger partial charge >= 0.3 is 0 Å². The van der Waals surface area contributed by atoms with Crippen molar-refractivity contribution < 1.29 is 4.74 Å². The summed E-state index contributed by atoms with van der Waals surface area (Å²) in [6.07, 6.45) is 0. The standard InChI is InChI=1S/C16H14N2O2/c1-10-3-5-11(6-4-10)15-17-14-8-7-12(20-2)9-13(14)16(19)18-15/h3-9H,1-2H3,(H,17,18,19). The Labute approximate surface area is 116 Å². The molecule has 1 heterocycles. The van der Waals surface area contributed by atoms with Gasteiger partial charge in [0.05, 0.1) is 18.0 Å². The number of aromatic amines is 1. The summed E-state index contributed by atoms with van der Waals surface area (Å²) in [6.45, 7) is 2.02. The Morgan fingerprint density at radius 3 is 2.55 bits per heavy atom. The zero-order valence-corrected chi connectivity index (χ0v) is 11.3. The maximum absolute atomic E-state index is 12.2. The number of hydrogen-bond acceptors (Lipinski definition) is 3. The average molecular weight is 266 g/mol. The van der Waals surface area contributed by atoms with Crippen LogP contribution in [-0.2, 0) is 0 Å². The Hall–Kier alpha value is -2.62. The molecule has 3 aromatic rings. The van der Waals surface area contributed by atoms with Gasteiger partial charge < -0.3 is 9.72 Å². The smallest absolute Gasteiger partial charge is 0.259 e. The summed E-state index contributed by atoms with van der Waals surface area (Å²) in [5.41, 5.74) is 2.56. The van der Waals surface area contributed by atoms with Crippen LogP contribution in [0.4, 0.5) is 0 Å². The average Bonchev–Trinajstić information content (AvgIpc) is 2.47. The van der Waals surface area contributed by atoms with E-state index in [1.54, 1.807) is 25.3 Å². The first-order valence-corrected chi connectivity index (χ1v) is 6.32. The third-order valence-electron chi connectivity index (χ3n) is 3.24. The molecule has 4 heteroatoms. The van der Waals surface area contributed by atoms with Crippen LogP contribution in [-0.4, -0.2) is 17.1 Å². The number of hydrogen-bond donors (Lipinski definition) is 1. The van der Waals surface area contributed by atoms with Gasteiger partial charge in [-0.05, 0) is 25.1 Å². The summed E-state index contributed by atoms with van der Waals surface area (Å²) in [5, 5.41) is 0.528. The molecular formula is C16H14N2O2. The first-order chi connectivity index (χ1) is 9.67. The summed E-state index contributed by atoms with van der Waals surface area (Å²) in [6, 6.07) is 13.2. The number of ether oxygens (including phenoxy) is 1. The van der Waals surface area contributed by atoms with E-state index in [1.807, 2.05) is 31.2 Å². The molecule has 0 bridgehead atoms. The van der Waals surface area contributed by atoms with Crippen molar-refractivity contribution >= 4 is 10.9 Å². The molecule has 0 radical (unpaired) electrons. The molecule has 2 aromatic carbocycles. The van der Waals surface area contributed by atoms with Gasteiger partial charge in [0.15, 0.2) is 0 Å². The minimum atomic E-state index is -0.163. The molecule has 20 heavy (non-hydrogen) atoms. The Morgan fingerprint density at radius 2 is 1.85 bits per heavy atom. The molecule has 0 aliphatic heterocycles. The van der Waals surface area contributed by atoms with Crippen LogP contribution in [0.2, 0.25) is 0 Å². The molecule has 0 aliphatic carbocycles. The number of nitrogens with zero attached hydrogens (tertiary/aromatic N) is 1. The summed E-state index contributed by atoms with van der Waals surface area (Å²) in [4.78, 5) is 19.5. The second kappa shape index (κ2) is 4.81. The van der Waals surface area contributed by atoms with E-state index in [0.29, 0.717) is 22.5 Å². The molecule has 3 rings (SSSR count). The van der Waals surface area contributed by atoms with Crippen LogP contribution >= 0.6 is 0 Å². The zero-order valence-electron chi connectivity index (χ0n) is 11.3. The minimum Gasteiger partial charge on any atom is -0.497 e. The fourth-order valence-electron chi connectivity index (χ4n) is 2.09. The molecule has 0 fully saturated rings. The molecule has 0 saturated carbocycles. The lowest BCUT2D eigenvalue weighted by molar-refractivity contribution is 0.415. The van der Waals surface area contributed by atoms with Crippen LogP contribution in [0, 0.1) is 6.92 Å². The van der Waals surface area contributed by atoms with Crippen molar-refractivity contribution in [1.29, 1.82) is 0 Å². The maximum Gasteiger partial charge on any atom is 0.259 e. The lowest BCUT2D eigenvalue weighted by Gasteiger charge is -2.05. The number of fused-ring (bicyclic) bond motifs is 1. The molecule has 1 N–H and O–H groups in total. The molecule has 1 aromatic heterocycles. The van der Waals surface area contributed by atoms with E-state index in [9.17, 15) is 4.79 Å². The second-order valence-corrected chi connectivity index (χ2v) is 4.66. The highest BCUT2D eigenvalue weighted by molar-refractivity contribution is 5.80. The van der Waals surface area contributed by atoms with Crippen LogP contribution in [0.1, 0.15) is 5.56 Å². The van der Waals surface area contributed by atoms with Crippen LogP contribution in [0.25, 0.3) is 22.3 Å². The Kier molecular flexibility index (Phi) is 2.99. The number of methoxy groups -OCH3 is 1. The van der Waals surface area contributed by atoms with Crippen LogP contribution < -0.4 is 10.3 Å². The summed E-state index contributed by atoms with van der Waals surface area (Å²) in [7, 11) is 1.57. The number of nitrogens with one attached hydrogen (secondary N) is 1. The third kappa shape index (κ3) is 2.16. The van der Waals surface area contributed by atoms with Crippen molar-refractivity contribution in [2.24, 2.45) is 0 Å². The van der Waals surface area contributed by atoms with E-state index in [4.69, 9.17) is 4.74 Å². The topological polar surface area (TPSA) is 55.0 Å². The highest BCUT2D eigenvalue weighted by Crippen LogP contribution is 2.20. The summed E-state index contributed by atoms with van der Waals surface area (Å²) >= 11 is 0. The molecule has 4 nitrogen and oxygen atoms in total. The normalized spacial score (nSPS) is 10.7. The van der Waals surface area contributed by atoms with Crippen molar-refractivity contribution in [3.63, 3.8) is 0 Å². The van der Waals surface area contributed by atoms with Gasteiger partial charge in [-0.2, -0.15) is 0 Å². The fraction of sp³-hybridized carbons (Fsp3) is 0.125. The Bertz CT molecular complexity index is 820. The molecule has 100 valence electrons. The first kappa shape index (κ1) is 12.4. The molecule has 0 unspecified atom stereocenters. The monoisotopic (exact) mass is 266 g/mol. The van der Waals surface area contributed by atoms with E-state index in [1.165, 1.54) is 5.56 Å². The van der Waals surface area contributed by atoms with E-state index in [-0.39, 0.29) is 5.56 Å². The van der Waals surface area contributed by atoms with Gasteiger partial charge in [0.1, 0.15) is 11.6 Å². The van der Waals surface area contributed by atoms with Gasteiger partial charge in [-0.15, -0.1) is 0 Å². The van der Waals surface area contributed by atoms with Gasteiger partial charge in [0.2, 0.25) is 0 Å². The number of benzene rings is 2. The lowest BCUT2D eigenvalue weighted by atomic mass is 10.1. The summed E-state index contributed by atoms with van der Waals surface area (Å²) in [5.74, 6) is 1.22. The highest BCUT2D eigenvalue weighted by atomic mass is 16.5. The summed E-state index contributed by atoms with van der Waals surface area (Å²) < 4.78 is 5.12. The predicted molar refractivity (Wildman–Crippen MR) is 79.1 cm³/mol. The quantitative estimate of drug-likeness (QED) is 0.776. The van der Waals surface area contributed by atoms with Gasteiger partial charge in [0.25, 0.3) is 5.56 Å². The van der Waals surface area contributed by atoms with Crippen molar-refractivity contribution in [2.75, 3.05) is 7.11 Å². The van der Waals surface area contributed by atoms with Gasteiger partial charge in [0, 0.05) is 5.56 Å². The largest absolute Gasteiger partial charge is 0.497 e. The van der Waals surface area contributed by atoms with Crippen molar-refractivity contribution in [3.8, 4) is 17.1 Å². The molecule has 0 aliphatic rings. The number of H-pyrrole nitrogens is 1. The van der Waals surface area contributed by atoms with Crippen LogP contribution in [0.15, 0.2) is 47.3 Å². The number of rotatable bonds is 2. The van der Waals surface area contributed by atoms with Crippen LogP contribution in [0.3, 0.4) is 0 Å². The highest BCUT2D eigenvalue weighted by Gasteiger charge is 2.06. The first-order valence-electron chi connectivity index (χ1n) is 6.32. The SMILES string of the molecule is COc1ccc2nc(-c3ccc(C)cc3)[nH]c(=O)c2c1. The van der Waals surface area contributed by atoms with Crippen molar-refractivity contribution in [2.45, 2.75) is 6.92 Å². The molecule has 0 atom stereocenters. The Morgan fingerprint density at radius 1 is 1.10 bits per heavy atom. The molecule has 0 amide bonds. The van der Waals surface area contributed by atoms with Crippen molar-refractivity contribution in [1.82, 2.24) is 9.97 Å². The van der Waals surface area contributed by atoms with E-state index < -0.39 is 0 Å². The van der Waals surface area contributed by atoms with Crippen LogP contribution in [0.5, 0.6) is 5.75 Å². The second-order valence-electron chi connectivity index (χ2n) is 4.66. The zero-order chi connectivity index (χ0) is 14.1. The third-order valence-corrected chi connectivity index (χ3v) is 3.24. The predicted octanol–water partition coefficient (Wildman–Crippen LogP) is 2.91. The van der Waals surface area contributed by atoms with E-state index >= 15 is 0 Å². The van der Waals surface area contributed by atoms with E-state index in [2.05, 4.69) is 9.97 Å². The van der Waals surface area contributed by atoms with Gasteiger partial charge in [-0.25, -0.2) is 4.98 Å². The van der Waals surface area contributed by atoms with Gasteiger partial charge in [-0.1, -0.05) is 29.8 Å². The number of aromatic nitrogens is 2. The van der Waals surface area contributed by atoms with Crippen molar-refractivity contribution in [3.05, 3.63) is 58.4 Å². The molecule has 0 spiro atoms. The van der Waals surface area contributed by atoms with E-state index in [0.717, 1.165) is 5.56 Å². The molecular weight excluding hydrogens is 252 g/mol. The van der Waals surface area contributed by atoms with Gasteiger partial charge in [-0.3, -0.25) is 4.79 Å². The lowest BCUT2D eigenvalue weighted by Crippen LogP contribution is -2.09. The fourth-order valence-corrected chi connectivity index (χ4v) is 2.09. The maximum atomic E-state index is 12.2. The minimum absolute atomic E-state index is 0.163. The Balaban J connectivity index is 2.19.